The Balaban J connectivity index is 1.65. The summed E-state index contributed by atoms with van der Waals surface area (Å²) in [6, 6.07) is 9.54. The van der Waals surface area contributed by atoms with Crippen LogP contribution in [-0.4, -0.2) is 46.2 Å². The number of aromatic nitrogens is 3. The Hall–Kier alpha value is -2.60. The summed E-state index contributed by atoms with van der Waals surface area (Å²) < 4.78 is 7.16. The van der Waals surface area contributed by atoms with Gasteiger partial charge in [-0.15, -0.1) is 0 Å². The van der Waals surface area contributed by atoms with E-state index in [0.29, 0.717) is 5.92 Å². The Bertz CT molecular complexity index is 996. The summed E-state index contributed by atoms with van der Waals surface area (Å²) in [6.45, 7) is 7.52. The SMILES string of the molecule is COc1ccc(-c2cnn3c(C4CCN(C[C](C)C)CC4)cc(=O)[nH]c23)cc1. The summed E-state index contributed by atoms with van der Waals surface area (Å²) in [7, 11) is 1.65. The summed E-state index contributed by atoms with van der Waals surface area (Å²) >= 11 is 0. The van der Waals surface area contributed by atoms with Crippen LogP contribution in [0.1, 0.15) is 38.3 Å². The van der Waals surface area contributed by atoms with Gasteiger partial charge >= 0.3 is 0 Å². The van der Waals surface area contributed by atoms with Crippen molar-refractivity contribution in [2.75, 3.05) is 26.7 Å². The number of nitrogens with zero attached hydrogens (tertiary/aromatic N) is 3. The van der Waals surface area contributed by atoms with Crippen LogP contribution >= 0.6 is 0 Å². The number of benzene rings is 1. The van der Waals surface area contributed by atoms with Gasteiger partial charge in [0.15, 0.2) is 0 Å². The number of hydrogen-bond acceptors (Lipinski definition) is 4. The van der Waals surface area contributed by atoms with Crippen molar-refractivity contribution in [2.45, 2.75) is 32.6 Å². The van der Waals surface area contributed by atoms with Gasteiger partial charge in [-0.1, -0.05) is 26.0 Å². The molecule has 1 fully saturated rings. The first-order chi connectivity index (χ1) is 13.5. The minimum absolute atomic E-state index is 0.0714. The van der Waals surface area contributed by atoms with Crippen molar-refractivity contribution in [1.29, 1.82) is 0 Å². The average molecular weight is 379 g/mol. The summed E-state index contributed by atoms with van der Waals surface area (Å²) in [6.07, 6.45) is 3.92. The maximum atomic E-state index is 12.4. The first-order valence-electron chi connectivity index (χ1n) is 9.82. The molecule has 3 heterocycles. The lowest BCUT2D eigenvalue weighted by molar-refractivity contribution is 0.217. The molecule has 0 amide bonds. The molecule has 0 bridgehead atoms. The number of H-pyrrole nitrogens is 1. The molecule has 0 atom stereocenters. The first kappa shape index (κ1) is 18.7. The van der Waals surface area contributed by atoms with E-state index in [0.717, 1.165) is 60.7 Å². The molecule has 2 aromatic heterocycles. The number of methoxy groups -OCH3 is 1. The molecule has 1 saturated heterocycles. The third-order valence-electron chi connectivity index (χ3n) is 5.48. The second-order valence-electron chi connectivity index (χ2n) is 7.86. The van der Waals surface area contributed by atoms with Gasteiger partial charge in [0.1, 0.15) is 11.4 Å². The van der Waals surface area contributed by atoms with Crippen LogP contribution in [-0.2, 0) is 0 Å². The van der Waals surface area contributed by atoms with E-state index in [1.165, 1.54) is 5.92 Å². The van der Waals surface area contributed by atoms with Gasteiger partial charge in [-0.25, -0.2) is 4.52 Å². The molecule has 1 N–H and O–H groups in total. The van der Waals surface area contributed by atoms with Crippen molar-refractivity contribution in [3.63, 3.8) is 0 Å². The number of hydrogen-bond donors (Lipinski definition) is 1. The lowest BCUT2D eigenvalue weighted by atomic mass is 9.92. The normalized spacial score (nSPS) is 16.1. The molecule has 1 aliphatic heterocycles. The van der Waals surface area contributed by atoms with Crippen LogP contribution in [0.25, 0.3) is 16.8 Å². The van der Waals surface area contributed by atoms with Gasteiger partial charge in [-0.2, -0.15) is 5.10 Å². The first-order valence-corrected chi connectivity index (χ1v) is 9.82. The Labute approximate surface area is 165 Å². The van der Waals surface area contributed by atoms with E-state index in [2.05, 4.69) is 28.8 Å². The fourth-order valence-electron chi connectivity index (χ4n) is 4.12. The van der Waals surface area contributed by atoms with Gasteiger partial charge in [0.2, 0.25) is 0 Å². The lowest BCUT2D eigenvalue weighted by Crippen LogP contribution is -2.35. The van der Waals surface area contributed by atoms with Crippen molar-refractivity contribution in [1.82, 2.24) is 19.5 Å². The molecule has 147 valence electrons. The number of aromatic amines is 1. The number of piperidine rings is 1. The second kappa shape index (κ2) is 7.80. The zero-order chi connectivity index (χ0) is 19.7. The fraction of sp³-hybridized carbons (Fsp3) is 0.409. The van der Waals surface area contributed by atoms with Crippen molar-refractivity contribution in [3.8, 4) is 16.9 Å². The van der Waals surface area contributed by atoms with Crippen LogP contribution in [0.4, 0.5) is 0 Å². The summed E-state index contributed by atoms with van der Waals surface area (Å²) in [5.41, 5.74) is 3.63. The standard InChI is InChI=1S/C22H27N4O2/c1-15(2)14-25-10-8-17(9-11-25)20-12-21(27)24-22-19(13-23-26(20)22)16-4-6-18(28-3)7-5-16/h4-7,12-13,17H,8-11,14H2,1-3H3,(H,24,27). The van der Waals surface area contributed by atoms with Gasteiger partial charge in [0, 0.05) is 24.1 Å². The molecule has 0 aliphatic carbocycles. The van der Waals surface area contributed by atoms with E-state index < -0.39 is 0 Å². The quantitative estimate of drug-likeness (QED) is 0.737. The van der Waals surface area contributed by atoms with E-state index >= 15 is 0 Å². The zero-order valence-corrected chi connectivity index (χ0v) is 16.7. The summed E-state index contributed by atoms with van der Waals surface area (Å²) in [4.78, 5) is 17.9. The molecule has 1 aromatic carbocycles. The Kier molecular flexibility index (Phi) is 5.22. The van der Waals surface area contributed by atoms with Crippen LogP contribution in [0.2, 0.25) is 0 Å². The topological polar surface area (TPSA) is 62.6 Å². The van der Waals surface area contributed by atoms with Gasteiger partial charge in [-0.3, -0.25) is 4.79 Å². The molecule has 3 aromatic rings. The molecule has 1 aliphatic rings. The average Bonchev–Trinajstić information content (AvgIpc) is 3.11. The van der Waals surface area contributed by atoms with E-state index in [9.17, 15) is 4.79 Å². The van der Waals surface area contributed by atoms with E-state index in [1.54, 1.807) is 13.2 Å². The lowest BCUT2D eigenvalue weighted by Gasteiger charge is -2.32. The van der Waals surface area contributed by atoms with Gasteiger partial charge in [0.25, 0.3) is 5.56 Å². The predicted molar refractivity (Wildman–Crippen MR) is 111 cm³/mol. The molecular formula is C22H27N4O2. The number of rotatable bonds is 5. The third kappa shape index (κ3) is 3.69. The zero-order valence-electron chi connectivity index (χ0n) is 16.7. The van der Waals surface area contributed by atoms with Crippen LogP contribution < -0.4 is 10.3 Å². The van der Waals surface area contributed by atoms with E-state index in [-0.39, 0.29) is 5.56 Å². The summed E-state index contributed by atoms with van der Waals surface area (Å²) in [5, 5.41) is 4.62. The van der Waals surface area contributed by atoms with Crippen LogP contribution in [0.3, 0.4) is 0 Å². The number of likely N-dealkylation sites (tertiary alicyclic amines) is 1. The van der Waals surface area contributed by atoms with E-state index in [1.807, 2.05) is 35.0 Å². The Morgan fingerprint density at radius 1 is 1.21 bits per heavy atom. The predicted octanol–water partition coefficient (Wildman–Crippen LogP) is 3.49. The van der Waals surface area contributed by atoms with Crippen molar-refractivity contribution < 1.29 is 4.74 Å². The third-order valence-corrected chi connectivity index (χ3v) is 5.48. The largest absolute Gasteiger partial charge is 0.497 e. The number of nitrogens with one attached hydrogen (secondary N) is 1. The number of fused-ring (bicyclic) bond motifs is 1. The molecule has 6 nitrogen and oxygen atoms in total. The molecule has 6 heteroatoms. The fourth-order valence-corrected chi connectivity index (χ4v) is 4.12. The number of ether oxygens (including phenoxy) is 1. The second-order valence-corrected chi connectivity index (χ2v) is 7.86. The van der Waals surface area contributed by atoms with Gasteiger partial charge in [0.05, 0.1) is 19.0 Å². The maximum absolute atomic E-state index is 12.4. The molecule has 0 unspecified atom stereocenters. The molecular weight excluding hydrogens is 352 g/mol. The van der Waals surface area contributed by atoms with Crippen molar-refractivity contribution in [3.05, 3.63) is 58.5 Å². The minimum Gasteiger partial charge on any atom is -0.497 e. The minimum atomic E-state index is -0.0714. The monoisotopic (exact) mass is 379 g/mol. The van der Waals surface area contributed by atoms with Crippen molar-refractivity contribution in [2.24, 2.45) is 0 Å². The highest BCUT2D eigenvalue weighted by molar-refractivity contribution is 5.77. The maximum Gasteiger partial charge on any atom is 0.251 e. The highest BCUT2D eigenvalue weighted by Gasteiger charge is 2.24. The Morgan fingerprint density at radius 3 is 2.57 bits per heavy atom. The van der Waals surface area contributed by atoms with Crippen LogP contribution in [0.15, 0.2) is 41.3 Å². The summed E-state index contributed by atoms with van der Waals surface area (Å²) in [5.74, 6) is 2.59. The molecule has 28 heavy (non-hydrogen) atoms. The molecule has 1 radical (unpaired) electrons. The smallest absolute Gasteiger partial charge is 0.251 e. The molecule has 0 spiro atoms. The highest BCUT2D eigenvalue weighted by atomic mass is 16.5. The van der Waals surface area contributed by atoms with Crippen LogP contribution in [0, 0.1) is 5.92 Å². The van der Waals surface area contributed by atoms with E-state index in [4.69, 9.17) is 4.74 Å². The highest BCUT2D eigenvalue weighted by Crippen LogP contribution is 2.30. The van der Waals surface area contributed by atoms with Gasteiger partial charge < -0.3 is 14.6 Å². The van der Waals surface area contributed by atoms with Crippen LogP contribution in [0.5, 0.6) is 5.75 Å². The van der Waals surface area contributed by atoms with Gasteiger partial charge in [-0.05, 0) is 49.5 Å². The van der Waals surface area contributed by atoms with Crippen molar-refractivity contribution >= 4 is 5.65 Å². The molecule has 4 rings (SSSR count). The Morgan fingerprint density at radius 2 is 1.93 bits per heavy atom. The molecule has 0 saturated carbocycles.